The van der Waals surface area contributed by atoms with Crippen LogP contribution in [0.3, 0.4) is 0 Å². The number of hydrogen-bond acceptors (Lipinski definition) is 3. The molecule has 4 heteroatoms. The van der Waals surface area contributed by atoms with E-state index in [4.69, 9.17) is 0 Å². The molecule has 96 valence electrons. The van der Waals surface area contributed by atoms with Gasteiger partial charge in [-0.2, -0.15) is 0 Å². The van der Waals surface area contributed by atoms with E-state index in [9.17, 15) is 0 Å². The summed E-state index contributed by atoms with van der Waals surface area (Å²) < 4.78 is 2.21. The van der Waals surface area contributed by atoms with E-state index in [1.807, 2.05) is 24.7 Å². The standard InChI is InChI=1S/C14H20N4/c1-12(2)14-17-7-9-18(14)8-6-16-11-13-4-3-5-15-10-13/h3-5,7,9-10,12,16H,6,8,11H2,1-2H3. The molecule has 0 aliphatic heterocycles. The molecule has 0 amide bonds. The van der Waals surface area contributed by atoms with Crippen LogP contribution in [0.4, 0.5) is 0 Å². The number of nitrogens with one attached hydrogen (secondary N) is 1. The SMILES string of the molecule is CC(C)c1nccn1CCNCc1cccnc1. The molecule has 2 aromatic rings. The van der Waals surface area contributed by atoms with E-state index in [2.05, 4.69) is 39.8 Å². The molecule has 2 aromatic heterocycles. The first-order valence-corrected chi connectivity index (χ1v) is 6.38. The summed E-state index contributed by atoms with van der Waals surface area (Å²) in [5.41, 5.74) is 1.22. The van der Waals surface area contributed by atoms with Gasteiger partial charge in [0.1, 0.15) is 5.82 Å². The van der Waals surface area contributed by atoms with Crippen LogP contribution in [0.1, 0.15) is 31.2 Å². The molecule has 0 unspecified atom stereocenters. The third kappa shape index (κ3) is 3.40. The summed E-state index contributed by atoms with van der Waals surface area (Å²) in [5.74, 6) is 1.62. The Kier molecular flexibility index (Phi) is 4.47. The molecule has 0 radical (unpaired) electrons. The lowest BCUT2D eigenvalue weighted by Gasteiger charge is -2.10. The van der Waals surface area contributed by atoms with Crippen molar-refractivity contribution in [1.29, 1.82) is 0 Å². The predicted molar refractivity (Wildman–Crippen MR) is 72.3 cm³/mol. The molecular formula is C14H20N4. The zero-order chi connectivity index (χ0) is 12.8. The summed E-state index contributed by atoms with van der Waals surface area (Å²) in [5, 5.41) is 3.42. The highest BCUT2D eigenvalue weighted by Gasteiger charge is 2.05. The maximum Gasteiger partial charge on any atom is 0.111 e. The quantitative estimate of drug-likeness (QED) is 0.792. The van der Waals surface area contributed by atoms with Gasteiger partial charge in [0.25, 0.3) is 0 Å². The summed E-state index contributed by atoms with van der Waals surface area (Å²) in [7, 11) is 0. The minimum absolute atomic E-state index is 0.471. The normalized spacial score (nSPS) is 11.1. The second-order valence-electron chi connectivity index (χ2n) is 4.67. The first-order chi connectivity index (χ1) is 8.77. The van der Waals surface area contributed by atoms with E-state index in [0.29, 0.717) is 5.92 Å². The Morgan fingerprint density at radius 3 is 2.94 bits per heavy atom. The molecule has 2 rings (SSSR count). The number of hydrogen-bond donors (Lipinski definition) is 1. The van der Waals surface area contributed by atoms with Crippen molar-refractivity contribution in [2.75, 3.05) is 6.54 Å². The van der Waals surface area contributed by atoms with Gasteiger partial charge in [-0.1, -0.05) is 19.9 Å². The Morgan fingerprint density at radius 2 is 2.22 bits per heavy atom. The smallest absolute Gasteiger partial charge is 0.111 e. The average Bonchev–Trinajstić information content (AvgIpc) is 2.84. The predicted octanol–water partition coefficient (Wildman–Crippen LogP) is 2.19. The highest BCUT2D eigenvalue weighted by atomic mass is 15.1. The third-order valence-electron chi connectivity index (χ3n) is 2.85. The Bertz CT molecular complexity index is 462. The van der Waals surface area contributed by atoms with Crippen molar-refractivity contribution >= 4 is 0 Å². The van der Waals surface area contributed by atoms with Crippen molar-refractivity contribution in [3.05, 3.63) is 48.3 Å². The van der Waals surface area contributed by atoms with Crippen LogP contribution in [-0.4, -0.2) is 21.1 Å². The molecule has 18 heavy (non-hydrogen) atoms. The van der Waals surface area contributed by atoms with Gasteiger partial charge in [-0.3, -0.25) is 4.98 Å². The van der Waals surface area contributed by atoms with Crippen LogP contribution in [0.2, 0.25) is 0 Å². The van der Waals surface area contributed by atoms with Crippen LogP contribution in [0.5, 0.6) is 0 Å². The number of nitrogens with zero attached hydrogens (tertiary/aromatic N) is 3. The minimum Gasteiger partial charge on any atom is -0.333 e. The van der Waals surface area contributed by atoms with E-state index < -0.39 is 0 Å². The Balaban J connectivity index is 1.77. The number of rotatable bonds is 6. The summed E-state index contributed by atoms with van der Waals surface area (Å²) in [6.45, 7) is 7.09. The van der Waals surface area contributed by atoms with Crippen molar-refractivity contribution in [3.8, 4) is 0 Å². The molecular weight excluding hydrogens is 224 g/mol. The van der Waals surface area contributed by atoms with E-state index in [-0.39, 0.29) is 0 Å². The first-order valence-electron chi connectivity index (χ1n) is 6.38. The van der Waals surface area contributed by atoms with Crippen LogP contribution in [0.15, 0.2) is 36.9 Å². The number of aromatic nitrogens is 3. The summed E-state index contributed by atoms with van der Waals surface area (Å²) in [4.78, 5) is 8.47. The third-order valence-corrected chi connectivity index (χ3v) is 2.85. The molecule has 0 saturated heterocycles. The first kappa shape index (κ1) is 12.8. The monoisotopic (exact) mass is 244 g/mol. The van der Waals surface area contributed by atoms with Gasteiger partial charge in [-0.25, -0.2) is 4.98 Å². The van der Waals surface area contributed by atoms with Crippen molar-refractivity contribution in [2.45, 2.75) is 32.9 Å². The van der Waals surface area contributed by atoms with Gasteiger partial charge < -0.3 is 9.88 Å². The molecule has 0 saturated carbocycles. The van der Waals surface area contributed by atoms with E-state index >= 15 is 0 Å². The van der Waals surface area contributed by atoms with Gasteiger partial charge in [0.15, 0.2) is 0 Å². The molecule has 2 heterocycles. The largest absolute Gasteiger partial charge is 0.333 e. The zero-order valence-electron chi connectivity index (χ0n) is 11.0. The maximum atomic E-state index is 4.38. The van der Waals surface area contributed by atoms with Crippen molar-refractivity contribution in [1.82, 2.24) is 19.9 Å². The van der Waals surface area contributed by atoms with E-state index in [0.717, 1.165) is 25.5 Å². The highest BCUT2D eigenvalue weighted by Crippen LogP contribution is 2.10. The number of pyridine rings is 1. The molecule has 1 N–H and O–H groups in total. The lowest BCUT2D eigenvalue weighted by molar-refractivity contribution is 0.565. The average molecular weight is 244 g/mol. The van der Waals surface area contributed by atoms with Crippen molar-refractivity contribution in [2.24, 2.45) is 0 Å². The number of imidazole rings is 1. The molecule has 0 spiro atoms. The van der Waals surface area contributed by atoms with Gasteiger partial charge in [0, 0.05) is 50.3 Å². The van der Waals surface area contributed by atoms with Gasteiger partial charge in [-0.05, 0) is 11.6 Å². The van der Waals surface area contributed by atoms with Crippen LogP contribution in [0, 0.1) is 0 Å². The summed E-state index contributed by atoms with van der Waals surface area (Å²) in [6, 6.07) is 4.04. The topological polar surface area (TPSA) is 42.7 Å². The van der Waals surface area contributed by atoms with Crippen LogP contribution >= 0.6 is 0 Å². The lowest BCUT2D eigenvalue weighted by atomic mass is 10.2. The Labute approximate surface area is 108 Å². The highest BCUT2D eigenvalue weighted by molar-refractivity contribution is 5.07. The molecule has 0 bridgehead atoms. The Morgan fingerprint density at radius 1 is 1.33 bits per heavy atom. The molecule has 0 aromatic carbocycles. The Hall–Kier alpha value is -1.68. The maximum absolute atomic E-state index is 4.38. The molecule has 0 aliphatic rings. The minimum atomic E-state index is 0.471. The van der Waals surface area contributed by atoms with Crippen molar-refractivity contribution in [3.63, 3.8) is 0 Å². The van der Waals surface area contributed by atoms with Gasteiger partial charge in [-0.15, -0.1) is 0 Å². The van der Waals surface area contributed by atoms with Crippen LogP contribution in [0.25, 0.3) is 0 Å². The van der Waals surface area contributed by atoms with E-state index in [1.54, 1.807) is 6.20 Å². The fraction of sp³-hybridized carbons (Fsp3) is 0.429. The molecule has 0 aliphatic carbocycles. The fourth-order valence-corrected chi connectivity index (χ4v) is 1.95. The van der Waals surface area contributed by atoms with Crippen LogP contribution in [-0.2, 0) is 13.1 Å². The van der Waals surface area contributed by atoms with E-state index in [1.165, 1.54) is 5.56 Å². The molecule has 0 fully saturated rings. The molecule has 0 atom stereocenters. The summed E-state index contributed by atoms with van der Waals surface area (Å²) >= 11 is 0. The van der Waals surface area contributed by atoms with Crippen LogP contribution < -0.4 is 5.32 Å². The fourth-order valence-electron chi connectivity index (χ4n) is 1.95. The van der Waals surface area contributed by atoms with Gasteiger partial charge in [0.05, 0.1) is 0 Å². The summed E-state index contributed by atoms with van der Waals surface area (Å²) in [6.07, 6.45) is 7.60. The van der Waals surface area contributed by atoms with Gasteiger partial charge >= 0.3 is 0 Å². The zero-order valence-corrected chi connectivity index (χ0v) is 11.0. The second-order valence-corrected chi connectivity index (χ2v) is 4.67. The van der Waals surface area contributed by atoms with Crippen molar-refractivity contribution < 1.29 is 0 Å². The lowest BCUT2D eigenvalue weighted by Crippen LogP contribution is -2.20. The second kappa shape index (κ2) is 6.31. The molecule has 4 nitrogen and oxygen atoms in total. The van der Waals surface area contributed by atoms with Gasteiger partial charge in [0.2, 0.25) is 0 Å².